The molecule has 0 N–H and O–H groups in total. The zero-order valence-corrected chi connectivity index (χ0v) is 14.9. The Morgan fingerprint density at radius 1 is 1.12 bits per heavy atom. The van der Waals surface area contributed by atoms with Crippen LogP contribution in [0.4, 0.5) is 0 Å². The topological polar surface area (TPSA) is 40.6 Å². The lowest BCUT2D eigenvalue weighted by molar-refractivity contribution is -0.135. The van der Waals surface area contributed by atoms with E-state index >= 15 is 0 Å². The Morgan fingerprint density at radius 2 is 1.80 bits per heavy atom. The largest absolute Gasteiger partial charge is 0.341 e. The van der Waals surface area contributed by atoms with Gasteiger partial charge in [0.15, 0.2) is 0 Å². The molecule has 0 aromatic heterocycles. The highest BCUT2D eigenvalue weighted by Gasteiger charge is 2.35. The summed E-state index contributed by atoms with van der Waals surface area (Å²) < 4.78 is 0. The maximum absolute atomic E-state index is 12.7. The van der Waals surface area contributed by atoms with Crippen LogP contribution < -0.4 is 0 Å². The first-order valence-electron chi connectivity index (χ1n) is 8.34. The molecule has 1 fully saturated rings. The summed E-state index contributed by atoms with van der Waals surface area (Å²) in [6, 6.07) is 17.3. The van der Waals surface area contributed by atoms with Gasteiger partial charge in [0.2, 0.25) is 11.8 Å². The Balaban J connectivity index is 1.59. The Morgan fingerprint density at radius 3 is 2.48 bits per heavy atom. The fourth-order valence-electron chi connectivity index (χ4n) is 3.15. The molecule has 0 saturated carbocycles. The third-order valence-corrected chi connectivity index (χ3v) is 4.74. The summed E-state index contributed by atoms with van der Waals surface area (Å²) in [5.74, 6) is -0.213. The van der Waals surface area contributed by atoms with Crippen LogP contribution in [0.2, 0.25) is 5.02 Å². The normalized spacial score (nSPS) is 17.0. The lowest BCUT2D eigenvalue weighted by Gasteiger charge is -2.21. The van der Waals surface area contributed by atoms with Crippen molar-refractivity contribution in [3.05, 3.63) is 70.7 Å². The summed E-state index contributed by atoms with van der Waals surface area (Å²) in [6.07, 6.45) is 0.288. The quantitative estimate of drug-likeness (QED) is 0.824. The number of halogens is 1. The molecule has 130 valence electrons. The van der Waals surface area contributed by atoms with Gasteiger partial charge >= 0.3 is 0 Å². The maximum Gasteiger partial charge on any atom is 0.228 e. The zero-order chi connectivity index (χ0) is 17.8. The van der Waals surface area contributed by atoms with Gasteiger partial charge in [0, 0.05) is 38.1 Å². The first-order chi connectivity index (χ1) is 12.0. The van der Waals surface area contributed by atoms with Crippen molar-refractivity contribution in [2.24, 2.45) is 5.92 Å². The molecule has 1 saturated heterocycles. The number of hydrogen-bond acceptors (Lipinski definition) is 2. The molecule has 0 aliphatic carbocycles. The molecule has 2 aromatic rings. The molecule has 0 radical (unpaired) electrons. The van der Waals surface area contributed by atoms with Crippen molar-refractivity contribution < 1.29 is 9.59 Å². The second kappa shape index (κ2) is 7.70. The van der Waals surface area contributed by atoms with Gasteiger partial charge in [-0.3, -0.25) is 9.59 Å². The molecule has 2 aromatic carbocycles. The van der Waals surface area contributed by atoms with Crippen LogP contribution in [0.25, 0.3) is 0 Å². The lowest BCUT2D eigenvalue weighted by atomic mass is 10.1. The number of carbonyl (C=O) groups excluding carboxylic acids is 2. The van der Waals surface area contributed by atoms with Gasteiger partial charge in [-0.05, 0) is 23.3 Å². The highest BCUT2D eigenvalue weighted by atomic mass is 35.5. The minimum Gasteiger partial charge on any atom is -0.341 e. The number of benzene rings is 2. The van der Waals surface area contributed by atoms with Crippen LogP contribution in [0.3, 0.4) is 0 Å². The monoisotopic (exact) mass is 356 g/mol. The van der Waals surface area contributed by atoms with E-state index in [4.69, 9.17) is 11.6 Å². The van der Waals surface area contributed by atoms with Crippen LogP contribution in [-0.2, 0) is 22.7 Å². The number of rotatable bonds is 5. The lowest BCUT2D eigenvalue weighted by Crippen LogP contribution is -2.34. The first-order valence-corrected chi connectivity index (χ1v) is 8.72. The van der Waals surface area contributed by atoms with E-state index in [2.05, 4.69) is 0 Å². The van der Waals surface area contributed by atoms with E-state index in [9.17, 15) is 9.59 Å². The summed E-state index contributed by atoms with van der Waals surface area (Å²) in [7, 11) is 1.78. The van der Waals surface area contributed by atoms with E-state index in [0.29, 0.717) is 24.7 Å². The average Bonchev–Trinajstić information content (AvgIpc) is 2.98. The van der Waals surface area contributed by atoms with Crippen molar-refractivity contribution >= 4 is 23.4 Å². The van der Waals surface area contributed by atoms with E-state index in [0.717, 1.165) is 11.1 Å². The second-order valence-electron chi connectivity index (χ2n) is 6.48. The third-order valence-electron chi connectivity index (χ3n) is 4.49. The van der Waals surface area contributed by atoms with Crippen LogP contribution >= 0.6 is 11.6 Å². The molecular formula is C20H21ClN2O2. The van der Waals surface area contributed by atoms with Gasteiger partial charge in [-0.2, -0.15) is 0 Å². The van der Waals surface area contributed by atoms with Crippen LogP contribution in [0.15, 0.2) is 54.6 Å². The number of amides is 2. The van der Waals surface area contributed by atoms with Crippen molar-refractivity contribution in [2.75, 3.05) is 13.6 Å². The van der Waals surface area contributed by atoms with Crippen molar-refractivity contribution in [3.8, 4) is 0 Å². The maximum atomic E-state index is 12.7. The predicted octanol–water partition coefficient (Wildman–Crippen LogP) is 3.35. The van der Waals surface area contributed by atoms with Gasteiger partial charge in [-0.25, -0.2) is 0 Å². The van der Waals surface area contributed by atoms with Crippen molar-refractivity contribution in [1.29, 1.82) is 0 Å². The fourth-order valence-corrected chi connectivity index (χ4v) is 3.27. The van der Waals surface area contributed by atoms with Gasteiger partial charge in [-0.15, -0.1) is 0 Å². The molecule has 1 heterocycles. The molecule has 1 atom stereocenters. The highest BCUT2D eigenvalue weighted by molar-refractivity contribution is 6.30. The van der Waals surface area contributed by atoms with Gasteiger partial charge in [0.1, 0.15) is 0 Å². The summed E-state index contributed by atoms with van der Waals surface area (Å²) in [5, 5.41) is 0.677. The van der Waals surface area contributed by atoms with Crippen molar-refractivity contribution in [2.45, 2.75) is 19.5 Å². The Kier molecular flexibility index (Phi) is 5.39. The number of carbonyl (C=O) groups is 2. The van der Waals surface area contributed by atoms with Crippen LogP contribution in [0, 0.1) is 5.92 Å². The standard InChI is InChI=1S/C20H21ClN2O2/c1-22(12-16-7-9-18(21)10-8-16)20(25)17-11-19(24)23(14-17)13-15-5-3-2-4-6-15/h2-10,17H,11-14H2,1H3/t17-/m1/s1. The molecule has 25 heavy (non-hydrogen) atoms. The Labute approximate surface area is 153 Å². The highest BCUT2D eigenvalue weighted by Crippen LogP contribution is 2.22. The first kappa shape index (κ1) is 17.5. The SMILES string of the molecule is CN(Cc1ccc(Cl)cc1)C(=O)[C@@H]1CC(=O)N(Cc2ccccc2)C1. The summed E-state index contributed by atoms with van der Waals surface area (Å²) in [6.45, 7) is 1.56. The average molecular weight is 357 g/mol. The van der Waals surface area contributed by atoms with E-state index in [1.54, 1.807) is 16.8 Å². The van der Waals surface area contributed by atoms with E-state index < -0.39 is 0 Å². The van der Waals surface area contributed by atoms with Crippen molar-refractivity contribution in [1.82, 2.24) is 9.80 Å². The number of nitrogens with zero attached hydrogens (tertiary/aromatic N) is 2. The Hall–Kier alpha value is -2.33. The molecule has 1 aliphatic heterocycles. The summed E-state index contributed by atoms with van der Waals surface area (Å²) in [4.78, 5) is 28.4. The minimum absolute atomic E-state index is 0.0128. The molecule has 0 bridgehead atoms. The van der Waals surface area contributed by atoms with E-state index in [1.807, 2.05) is 54.6 Å². The molecular weight excluding hydrogens is 336 g/mol. The molecule has 5 heteroatoms. The molecule has 1 aliphatic rings. The summed E-state index contributed by atoms with van der Waals surface area (Å²) >= 11 is 5.89. The van der Waals surface area contributed by atoms with Gasteiger partial charge in [0.25, 0.3) is 0 Å². The van der Waals surface area contributed by atoms with E-state index in [-0.39, 0.29) is 24.2 Å². The minimum atomic E-state index is -0.270. The van der Waals surface area contributed by atoms with Gasteiger partial charge in [-0.1, -0.05) is 54.1 Å². The number of hydrogen-bond donors (Lipinski definition) is 0. The van der Waals surface area contributed by atoms with Crippen LogP contribution in [0.1, 0.15) is 17.5 Å². The number of likely N-dealkylation sites (tertiary alicyclic amines) is 1. The second-order valence-corrected chi connectivity index (χ2v) is 6.92. The Bertz CT molecular complexity index is 746. The third kappa shape index (κ3) is 4.40. The van der Waals surface area contributed by atoms with Crippen LogP contribution in [0.5, 0.6) is 0 Å². The summed E-state index contributed by atoms with van der Waals surface area (Å²) in [5.41, 5.74) is 2.10. The molecule has 3 rings (SSSR count). The fraction of sp³-hybridized carbons (Fsp3) is 0.300. The van der Waals surface area contributed by atoms with Gasteiger partial charge < -0.3 is 9.80 Å². The van der Waals surface area contributed by atoms with E-state index in [1.165, 1.54) is 0 Å². The van der Waals surface area contributed by atoms with Crippen LogP contribution in [-0.4, -0.2) is 35.2 Å². The zero-order valence-electron chi connectivity index (χ0n) is 14.2. The molecule has 0 unspecified atom stereocenters. The molecule has 2 amide bonds. The molecule has 0 spiro atoms. The van der Waals surface area contributed by atoms with Crippen molar-refractivity contribution in [3.63, 3.8) is 0 Å². The molecule has 4 nitrogen and oxygen atoms in total. The predicted molar refractivity (Wildman–Crippen MR) is 97.9 cm³/mol. The van der Waals surface area contributed by atoms with Gasteiger partial charge in [0.05, 0.1) is 5.92 Å². The smallest absolute Gasteiger partial charge is 0.228 e.